The van der Waals surface area contributed by atoms with Crippen LogP contribution in [0.25, 0.3) is 0 Å². The van der Waals surface area contributed by atoms with Crippen LogP contribution < -0.4 is 4.90 Å². The lowest BCUT2D eigenvalue weighted by atomic mass is 9.98. The smallest absolute Gasteiger partial charge is 0.153 e. The second-order valence-corrected chi connectivity index (χ2v) is 5.83. The Bertz CT molecular complexity index is 488. The van der Waals surface area contributed by atoms with Gasteiger partial charge in [-0.1, -0.05) is 36.9 Å². The maximum atomic E-state index is 6.28. The van der Waals surface area contributed by atoms with Crippen LogP contribution in [0.2, 0.25) is 5.02 Å². The van der Waals surface area contributed by atoms with E-state index < -0.39 is 0 Å². The molecule has 1 aromatic rings. The van der Waals surface area contributed by atoms with E-state index in [2.05, 4.69) is 23.3 Å². The maximum absolute atomic E-state index is 6.28. The second kappa shape index (κ2) is 6.47. The van der Waals surface area contributed by atoms with Crippen molar-refractivity contribution in [3.8, 4) is 0 Å². The van der Waals surface area contributed by atoms with Crippen LogP contribution in [-0.4, -0.2) is 12.3 Å². The molecule has 1 unspecified atom stereocenters. The van der Waals surface area contributed by atoms with E-state index in [1.165, 1.54) is 32.1 Å². The summed E-state index contributed by atoms with van der Waals surface area (Å²) in [4.78, 5) is 2.16. The van der Waals surface area contributed by atoms with Crippen LogP contribution in [0.3, 0.4) is 0 Å². The number of benzene rings is 1. The fourth-order valence-corrected chi connectivity index (χ4v) is 2.96. The molecule has 0 saturated heterocycles. The van der Waals surface area contributed by atoms with Gasteiger partial charge in [0.05, 0.1) is 6.10 Å². The van der Waals surface area contributed by atoms with E-state index in [9.17, 15) is 0 Å². The summed E-state index contributed by atoms with van der Waals surface area (Å²) >= 11 is 5.96. The van der Waals surface area contributed by atoms with Crippen molar-refractivity contribution in [1.29, 1.82) is 0 Å². The zero-order valence-electron chi connectivity index (χ0n) is 11.5. The van der Waals surface area contributed by atoms with Crippen LogP contribution in [0.5, 0.6) is 0 Å². The molecule has 1 fully saturated rings. The number of ether oxygens (including phenoxy) is 1. The highest BCUT2D eigenvalue weighted by Gasteiger charge is 2.22. The quantitative estimate of drug-likeness (QED) is 0.784. The predicted octanol–water partition coefficient (Wildman–Crippen LogP) is 4.91. The first kappa shape index (κ1) is 13.7. The molecule has 0 spiro atoms. The minimum atomic E-state index is -0.00993. The van der Waals surface area contributed by atoms with Gasteiger partial charge in [0.2, 0.25) is 0 Å². The van der Waals surface area contributed by atoms with Crippen molar-refractivity contribution in [1.82, 2.24) is 0 Å². The lowest BCUT2D eigenvalue weighted by Crippen LogP contribution is -2.36. The van der Waals surface area contributed by atoms with Crippen molar-refractivity contribution in [3.05, 3.63) is 53.7 Å². The predicted molar refractivity (Wildman–Crippen MR) is 84.0 cm³/mol. The van der Waals surface area contributed by atoms with E-state index in [0.717, 1.165) is 10.7 Å². The summed E-state index contributed by atoms with van der Waals surface area (Å²) in [5.41, 5.74) is 1.11. The summed E-state index contributed by atoms with van der Waals surface area (Å²) < 4.78 is 6.28. The molecule has 1 atom stereocenters. The summed E-state index contributed by atoms with van der Waals surface area (Å²) in [5, 5.41) is 0.759. The van der Waals surface area contributed by atoms with E-state index in [0.29, 0.717) is 6.10 Å². The molecule has 1 aliphatic carbocycles. The first-order valence-electron chi connectivity index (χ1n) is 7.37. The highest BCUT2D eigenvalue weighted by Crippen LogP contribution is 2.27. The normalized spacial score (nSPS) is 23.2. The van der Waals surface area contributed by atoms with Crippen molar-refractivity contribution in [2.24, 2.45) is 0 Å². The number of anilines is 1. The molecule has 1 aromatic carbocycles. The number of rotatable bonds is 3. The van der Waals surface area contributed by atoms with Crippen LogP contribution in [0.15, 0.2) is 48.7 Å². The van der Waals surface area contributed by atoms with Crippen molar-refractivity contribution < 1.29 is 4.74 Å². The Morgan fingerprint density at radius 1 is 1.00 bits per heavy atom. The SMILES string of the molecule is Clc1ccc(N2C=CC=CC2OC2CCCCC2)cc1. The first-order valence-corrected chi connectivity index (χ1v) is 7.75. The molecule has 0 bridgehead atoms. The molecule has 0 aromatic heterocycles. The van der Waals surface area contributed by atoms with Gasteiger partial charge >= 0.3 is 0 Å². The molecule has 106 valence electrons. The average molecular weight is 290 g/mol. The molecule has 20 heavy (non-hydrogen) atoms. The van der Waals surface area contributed by atoms with Crippen molar-refractivity contribution >= 4 is 17.3 Å². The third-order valence-electron chi connectivity index (χ3n) is 3.92. The van der Waals surface area contributed by atoms with E-state index in [-0.39, 0.29) is 6.23 Å². The number of hydrogen-bond acceptors (Lipinski definition) is 2. The maximum Gasteiger partial charge on any atom is 0.153 e. The number of allylic oxidation sites excluding steroid dienone is 2. The highest BCUT2D eigenvalue weighted by atomic mass is 35.5. The summed E-state index contributed by atoms with van der Waals surface area (Å²) in [6.07, 6.45) is 14.9. The topological polar surface area (TPSA) is 12.5 Å². The van der Waals surface area contributed by atoms with Crippen LogP contribution in [0.1, 0.15) is 32.1 Å². The third-order valence-corrected chi connectivity index (χ3v) is 4.17. The summed E-state index contributed by atoms with van der Waals surface area (Å²) in [6, 6.07) is 7.90. The Morgan fingerprint density at radius 3 is 2.50 bits per heavy atom. The molecule has 0 amide bonds. The van der Waals surface area contributed by atoms with Crippen molar-refractivity contribution in [2.75, 3.05) is 4.90 Å². The molecule has 1 saturated carbocycles. The molecule has 0 N–H and O–H groups in total. The molecular weight excluding hydrogens is 270 g/mol. The molecule has 3 rings (SSSR count). The van der Waals surface area contributed by atoms with Gasteiger partial charge in [-0.2, -0.15) is 0 Å². The Labute approximate surface area is 125 Å². The Hall–Kier alpha value is -1.25. The van der Waals surface area contributed by atoms with Gasteiger partial charge in [-0.05, 0) is 49.3 Å². The monoisotopic (exact) mass is 289 g/mol. The van der Waals surface area contributed by atoms with Gasteiger partial charge in [0.1, 0.15) is 0 Å². The zero-order valence-corrected chi connectivity index (χ0v) is 12.3. The fraction of sp³-hybridized carbons (Fsp3) is 0.412. The average Bonchev–Trinajstić information content (AvgIpc) is 2.50. The highest BCUT2D eigenvalue weighted by molar-refractivity contribution is 6.30. The van der Waals surface area contributed by atoms with Gasteiger partial charge in [0.15, 0.2) is 6.23 Å². The van der Waals surface area contributed by atoms with Gasteiger partial charge in [-0.3, -0.25) is 0 Å². The minimum absolute atomic E-state index is 0.00993. The molecule has 2 aliphatic rings. The van der Waals surface area contributed by atoms with Gasteiger partial charge in [-0.25, -0.2) is 0 Å². The van der Waals surface area contributed by atoms with Crippen LogP contribution in [-0.2, 0) is 4.74 Å². The summed E-state index contributed by atoms with van der Waals surface area (Å²) in [6.45, 7) is 0. The van der Waals surface area contributed by atoms with Gasteiger partial charge in [0, 0.05) is 16.9 Å². The van der Waals surface area contributed by atoms with Gasteiger partial charge < -0.3 is 9.64 Å². The van der Waals surface area contributed by atoms with Crippen LogP contribution in [0, 0.1) is 0 Å². The minimum Gasteiger partial charge on any atom is -0.351 e. The Kier molecular flexibility index (Phi) is 4.44. The molecule has 0 radical (unpaired) electrons. The number of hydrogen-bond donors (Lipinski definition) is 0. The van der Waals surface area contributed by atoms with E-state index in [4.69, 9.17) is 16.3 Å². The first-order chi connectivity index (χ1) is 9.83. The summed E-state index contributed by atoms with van der Waals surface area (Å²) in [5.74, 6) is 0. The van der Waals surface area contributed by atoms with Crippen molar-refractivity contribution in [2.45, 2.75) is 44.4 Å². The molecule has 1 heterocycles. The number of halogens is 1. The number of nitrogens with zero attached hydrogens (tertiary/aromatic N) is 1. The van der Waals surface area contributed by atoms with E-state index in [1.807, 2.05) is 30.3 Å². The Morgan fingerprint density at radius 2 is 1.75 bits per heavy atom. The third kappa shape index (κ3) is 3.25. The van der Waals surface area contributed by atoms with Gasteiger partial charge in [-0.15, -0.1) is 0 Å². The second-order valence-electron chi connectivity index (χ2n) is 5.40. The molecular formula is C17H20ClNO. The Balaban J connectivity index is 1.72. The molecule has 2 nitrogen and oxygen atoms in total. The zero-order chi connectivity index (χ0) is 13.8. The van der Waals surface area contributed by atoms with Gasteiger partial charge in [0.25, 0.3) is 0 Å². The molecule has 1 aliphatic heterocycles. The van der Waals surface area contributed by atoms with E-state index >= 15 is 0 Å². The van der Waals surface area contributed by atoms with E-state index in [1.54, 1.807) is 0 Å². The standard InChI is InChI=1S/C17H20ClNO/c18-14-9-11-15(12-10-14)19-13-5-4-8-17(19)20-16-6-2-1-3-7-16/h4-5,8-13,16-17H,1-3,6-7H2. The fourth-order valence-electron chi connectivity index (χ4n) is 2.83. The van der Waals surface area contributed by atoms with Crippen molar-refractivity contribution in [3.63, 3.8) is 0 Å². The van der Waals surface area contributed by atoms with Crippen LogP contribution >= 0.6 is 11.6 Å². The van der Waals surface area contributed by atoms with Crippen LogP contribution in [0.4, 0.5) is 5.69 Å². The summed E-state index contributed by atoms with van der Waals surface area (Å²) in [7, 11) is 0. The molecule has 3 heteroatoms. The largest absolute Gasteiger partial charge is 0.351 e. The lowest BCUT2D eigenvalue weighted by molar-refractivity contribution is -0.00486. The lowest BCUT2D eigenvalue weighted by Gasteiger charge is -2.34.